The first-order valence-corrected chi connectivity index (χ1v) is 2.77. The van der Waals surface area contributed by atoms with Crippen molar-refractivity contribution in [1.82, 2.24) is 0 Å². The van der Waals surface area contributed by atoms with E-state index < -0.39 is 0 Å². The number of hydrogen-bond donors (Lipinski definition) is 1. The predicted octanol–water partition coefficient (Wildman–Crippen LogP) is 0.412. The van der Waals surface area contributed by atoms with E-state index in [0.29, 0.717) is 12.3 Å². The first-order chi connectivity index (χ1) is 4.16. The molecule has 52 valence electrons. The lowest BCUT2D eigenvalue weighted by molar-refractivity contribution is -0.137. The van der Waals surface area contributed by atoms with E-state index in [1.54, 1.807) is 13.8 Å². The Hall–Kier alpha value is -0.990. The van der Waals surface area contributed by atoms with Gasteiger partial charge in [0.15, 0.2) is 0 Å². The number of allylic oxidation sites excluding steroid dienone is 1. The quantitative estimate of drug-likeness (QED) is 0.337. The molecule has 0 saturated heterocycles. The third-order valence-electron chi connectivity index (χ3n) is 0.632. The monoisotopic (exact) mass is 133 g/mol. The van der Waals surface area contributed by atoms with E-state index >= 15 is 0 Å². The molecule has 0 aliphatic carbocycles. The maximum absolute atomic E-state index is 10.5. The van der Waals surface area contributed by atoms with Gasteiger partial charge in [0, 0.05) is 11.8 Å². The molecule has 0 aliphatic heterocycles. The molecule has 0 aromatic rings. The number of carbonyl (C=O) groups is 1. The Morgan fingerprint density at radius 2 is 2.33 bits per heavy atom. The van der Waals surface area contributed by atoms with Crippen molar-refractivity contribution in [1.29, 1.82) is 0 Å². The first kappa shape index (κ1) is 8.01. The summed E-state index contributed by atoms with van der Waals surface area (Å²) < 4.78 is 4.56. The minimum atomic E-state index is -0.377. The molecule has 0 bridgehead atoms. The second-order valence-corrected chi connectivity index (χ2v) is 1.64. The van der Waals surface area contributed by atoms with E-state index in [1.807, 2.05) is 0 Å². The molecule has 9 heavy (non-hydrogen) atoms. The summed E-state index contributed by atoms with van der Waals surface area (Å²) in [6, 6.07) is 0. The van der Waals surface area contributed by atoms with Crippen LogP contribution in [0.4, 0.5) is 0 Å². The zero-order valence-corrected chi connectivity index (χ0v) is 5.68. The van der Waals surface area contributed by atoms with Gasteiger partial charge in [0.2, 0.25) is 0 Å². The van der Waals surface area contributed by atoms with Gasteiger partial charge in [-0.2, -0.15) is 0 Å². The zero-order valence-electron chi connectivity index (χ0n) is 5.68. The Morgan fingerprint density at radius 1 is 1.78 bits per heavy atom. The topological polar surface area (TPSA) is 52.3 Å². The van der Waals surface area contributed by atoms with Crippen LogP contribution in [0.1, 0.15) is 13.8 Å². The predicted molar refractivity (Wildman–Crippen MR) is 34.6 cm³/mol. The van der Waals surface area contributed by atoms with Crippen molar-refractivity contribution in [3.05, 3.63) is 11.8 Å². The van der Waals surface area contributed by atoms with Gasteiger partial charge in [0.05, 0.1) is 6.61 Å². The molecule has 2 N–H and O–H groups in total. The van der Waals surface area contributed by atoms with Crippen molar-refractivity contribution in [2.24, 2.45) is 5.73 Å². The summed E-state index contributed by atoms with van der Waals surface area (Å²) in [6.45, 7) is 3.77. The lowest BCUT2D eigenvalue weighted by atomic mass is 10.9. The summed E-state index contributed by atoms with van der Waals surface area (Å²) in [5, 5.41) is 0. The fraction of sp³-hybridized carbons (Fsp3) is 0.500. The van der Waals surface area contributed by atoms with Crippen molar-refractivity contribution in [3.63, 3.8) is 0 Å². The van der Waals surface area contributed by atoms with Gasteiger partial charge in [0.1, 0.15) is 0 Å². The molecule has 0 aliphatic rings. The van der Waals surface area contributed by atoms with E-state index in [-0.39, 0.29) is 5.97 Å². The van der Waals surface area contributed by atoms with E-state index in [4.69, 9.17) is 5.73 Å². The summed E-state index contributed by atoms with van der Waals surface area (Å²) in [5.74, 6) is -0.377. The van der Waals surface area contributed by atoms with Gasteiger partial charge >= 0.3 is 5.97 Å². The second kappa shape index (κ2) is 3.95. The molecule has 3 nitrogen and oxygen atoms in total. The van der Waals surface area contributed by atoms with Gasteiger partial charge in [0.25, 0.3) is 0 Å². The van der Waals surface area contributed by atoms with E-state index in [9.17, 15) is 4.79 Å². The Morgan fingerprint density at radius 3 is 2.67 bits per heavy atom. The molecule has 0 spiro atoms. The van der Waals surface area contributed by atoms with Crippen LogP contribution in [0.5, 0.6) is 0 Å². The normalized spacial score (nSPS) is 11.1. The molecule has 0 radical (unpaired) electrons. The fourth-order valence-corrected chi connectivity index (χ4v) is 0.370. The third-order valence-corrected chi connectivity index (χ3v) is 0.632. The Labute approximate surface area is 54.5 Å². The molecular weight excluding hydrogens is 122 g/mol. The van der Waals surface area contributed by atoms with Gasteiger partial charge in [-0.3, -0.25) is 0 Å². The highest BCUT2D eigenvalue weighted by Crippen LogP contribution is 1.83. The molecule has 0 unspecified atom stereocenters. The standard InChI is InChI=1S/C6H11NO2/c1-3-9-6(8)4-5(2)7/h4H,3,7H2,1-2H3/b5-4-/i2+1,4+1,5+1,6+1. The Bertz CT molecular complexity index is 125. The van der Waals surface area contributed by atoms with Crippen LogP contribution in [0.2, 0.25) is 0 Å². The average molecular weight is 133 g/mol. The lowest BCUT2D eigenvalue weighted by Crippen LogP contribution is -2.03. The van der Waals surface area contributed by atoms with Crippen LogP contribution in [0, 0.1) is 0 Å². The smallest absolute Gasteiger partial charge is 0.332 e. The van der Waals surface area contributed by atoms with Gasteiger partial charge in [-0.05, 0) is 13.8 Å². The van der Waals surface area contributed by atoms with Crippen molar-refractivity contribution in [3.8, 4) is 0 Å². The average Bonchev–Trinajstić information content (AvgIpc) is 1.63. The highest BCUT2D eigenvalue weighted by molar-refractivity contribution is 5.82. The number of esters is 1. The molecule has 0 saturated carbocycles. The first-order valence-electron chi connectivity index (χ1n) is 2.77. The van der Waals surface area contributed by atoms with Gasteiger partial charge in [-0.15, -0.1) is 0 Å². The van der Waals surface area contributed by atoms with E-state index in [0.717, 1.165) is 0 Å². The van der Waals surface area contributed by atoms with Crippen molar-refractivity contribution in [2.75, 3.05) is 6.61 Å². The van der Waals surface area contributed by atoms with Crippen LogP contribution >= 0.6 is 0 Å². The van der Waals surface area contributed by atoms with Crippen LogP contribution in [-0.2, 0) is 9.53 Å². The number of ether oxygens (including phenoxy) is 1. The van der Waals surface area contributed by atoms with Gasteiger partial charge in [-0.1, -0.05) is 0 Å². The van der Waals surface area contributed by atoms with Gasteiger partial charge < -0.3 is 10.5 Å². The second-order valence-electron chi connectivity index (χ2n) is 1.64. The summed E-state index contributed by atoms with van der Waals surface area (Å²) in [4.78, 5) is 10.5. The molecule has 0 aromatic heterocycles. The number of carbonyl (C=O) groups excluding carboxylic acids is 1. The third kappa shape index (κ3) is 4.87. The van der Waals surface area contributed by atoms with Crippen LogP contribution in [-0.4, -0.2) is 12.6 Å². The Balaban J connectivity index is 3.63. The highest BCUT2D eigenvalue weighted by Gasteiger charge is 1.92. The minimum absolute atomic E-state index is 0.377. The number of nitrogens with two attached hydrogens (primary N) is 1. The van der Waals surface area contributed by atoms with Crippen molar-refractivity contribution < 1.29 is 9.53 Å². The van der Waals surface area contributed by atoms with Crippen LogP contribution in [0.25, 0.3) is 0 Å². The summed E-state index contributed by atoms with van der Waals surface area (Å²) in [7, 11) is 0. The van der Waals surface area contributed by atoms with Crippen LogP contribution in [0.3, 0.4) is 0 Å². The molecule has 0 rings (SSSR count). The molecule has 3 heteroatoms. The van der Waals surface area contributed by atoms with Crippen molar-refractivity contribution >= 4 is 5.97 Å². The number of hydrogen-bond acceptors (Lipinski definition) is 3. The maximum Gasteiger partial charge on any atom is 0.332 e. The molecule has 0 heterocycles. The van der Waals surface area contributed by atoms with E-state index in [2.05, 4.69) is 4.74 Å². The number of rotatable bonds is 2. The molecule has 0 aromatic carbocycles. The molecule has 0 amide bonds. The summed E-state index contributed by atoms with van der Waals surface area (Å²) in [5.41, 5.74) is 5.65. The van der Waals surface area contributed by atoms with Crippen LogP contribution < -0.4 is 5.73 Å². The molecular formula is C6H11NO2. The highest BCUT2D eigenvalue weighted by atomic mass is 16.6. The summed E-state index contributed by atoms with van der Waals surface area (Å²) >= 11 is 0. The lowest BCUT2D eigenvalue weighted by Gasteiger charge is -1.94. The minimum Gasteiger partial charge on any atom is -0.463 e. The SMILES string of the molecule is CCO[13C](=O)/[13CH]=[13C](/[13CH3])N. The van der Waals surface area contributed by atoms with Crippen LogP contribution in [0.15, 0.2) is 11.8 Å². The molecule has 0 atom stereocenters. The van der Waals surface area contributed by atoms with Gasteiger partial charge in [-0.25, -0.2) is 4.79 Å². The van der Waals surface area contributed by atoms with E-state index in [1.165, 1.54) is 6.08 Å². The Kier molecular flexibility index (Phi) is 3.51. The molecule has 0 fully saturated rings. The maximum atomic E-state index is 10.5. The summed E-state index contributed by atoms with van der Waals surface area (Å²) in [6.07, 6.45) is 1.25. The zero-order chi connectivity index (χ0) is 7.28. The fourth-order valence-electron chi connectivity index (χ4n) is 0.370. The largest absolute Gasteiger partial charge is 0.463 e. The van der Waals surface area contributed by atoms with Crippen molar-refractivity contribution in [2.45, 2.75) is 13.8 Å².